The number of aliphatic hydroxyl groups excluding tert-OH is 1. The number of aryl methyl sites for hydroxylation is 1. The fourth-order valence-corrected chi connectivity index (χ4v) is 3.34. The number of anilines is 1. The number of non-ortho nitro benzene ring substituents is 1. The number of carbonyl (C=O) groups excluding carboxylic acids is 2. The van der Waals surface area contributed by atoms with Crippen molar-refractivity contribution in [2.45, 2.75) is 6.92 Å². The Bertz CT molecular complexity index is 1050. The van der Waals surface area contributed by atoms with Gasteiger partial charge in [0, 0.05) is 25.7 Å². The molecule has 0 aromatic heterocycles. The van der Waals surface area contributed by atoms with Crippen LogP contribution in [-0.2, 0) is 9.59 Å². The predicted molar refractivity (Wildman–Crippen MR) is 110 cm³/mol. The van der Waals surface area contributed by atoms with Gasteiger partial charge in [0.25, 0.3) is 17.5 Å². The Hall–Kier alpha value is -3.72. The Morgan fingerprint density at radius 2 is 1.80 bits per heavy atom. The molecule has 1 aliphatic heterocycles. The van der Waals surface area contributed by atoms with Crippen LogP contribution in [0.4, 0.5) is 11.4 Å². The Morgan fingerprint density at radius 1 is 1.13 bits per heavy atom. The van der Waals surface area contributed by atoms with Gasteiger partial charge in [-0.1, -0.05) is 6.07 Å². The highest BCUT2D eigenvalue weighted by atomic mass is 16.6. The molecule has 0 radical (unpaired) electrons. The summed E-state index contributed by atoms with van der Waals surface area (Å²) in [5.74, 6) is -0.776. The highest BCUT2D eigenvalue weighted by Crippen LogP contribution is 2.39. The van der Waals surface area contributed by atoms with Crippen molar-refractivity contribution in [2.75, 3.05) is 32.2 Å². The Balaban J connectivity index is 2.16. The largest absolute Gasteiger partial charge is 0.495 e. The molecule has 0 unspecified atom stereocenters. The van der Waals surface area contributed by atoms with Crippen molar-refractivity contribution < 1.29 is 24.4 Å². The zero-order chi connectivity index (χ0) is 22.0. The molecule has 0 aliphatic carbocycles. The molecule has 0 atom stereocenters. The van der Waals surface area contributed by atoms with Crippen LogP contribution in [0.15, 0.2) is 48.2 Å². The highest BCUT2D eigenvalue weighted by Gasteiger charge is 2.42. The third-order valence-corrected chi connectivity index (χ3v) is 4.82. The molecule has 2 aromatic carbocycles. The number of hydrogen-bond acceptors (Lipinski definition) is 7. The monoisotopic (exact) mass is 411 g/mol. The van der Waals surface area contributed by atoms with Crippen molar-refractivity contribution in [3.05, 3.63) is 69.4 Å². The number of methoxy groups -OCH3 is 1. The molecule has 2 aromatic rings. The third kappa shape index (κ3) is 3.62. The van der Waals surface area contributed by atoms with Crippen LogP contribution in [0.1, 0.15) is 11.1 Å². The number of nitro groups is 1. The van der Waals surface area contributed by atoms with Gasteiger partial charge in [0.05, 0.1) is 29.9 Å². The van der Waals surface area contributed by atoms with E-state index in [1.807, 2.05) is 6.92 Å². The van der Waals surface area contributed by atoms with E-state index in [1.54, 1.807) is 25.2 Å². The second kappa shape index (κ2) is 8.34. The van der Waals surface area contributed by atoms with Gasteiger partial charge in [-0.25, -0.2) is 4.90 Å². The van der Waals surface area contributed by atoms with Crippen molar-refractivity contribution in [1.82, 2.24) is 4.90 Å². The first-order valence-corrected chi connectivity index (χ1v) is 9.14. The van der Waals surface area contributed by atoms with E-state index in [0.29, 0.717) is 17.0 Å². The van der Waals surface area contributed by atoms with Crippen LogP contribution in [0.5, 0.6) is 5.75 Å². The summed E-state index contributed by atoms with van der Waals surface area (Å²) in [5.41, 5.74) is 1.59. The minimum absolute atomic E-state index is 0.103. The third-order valence-electron chi connectivity index (χ3n) is 4.82. The molecular weight excluding hydrogens is 390 g/mol. The van der Waals surface area contributed by atoms with E-state index in [4.69, 9.17) is 4.74 Å². The minimum Gasteiger partial charge on any atom is -0.495 e. The van der Waals surface area contributed by atoms with Gasteiger partial charge in [-0.2, -0.15) is 0 Å². The number of amides is 2. The number of aliphatic hydroxyl groups is 1. The van der Waals surface area contributed by atoms with E-state index < -0.39 is 16.7 Å². The zero-order valence-corrected chi connectivity index (χ0v) is 16.8. The first-order valence-electron chi connectivity index (χ1n) is 9.14. The van der Waals surface area contributed by atoms with Crippen molar-refractivity contribution in [3.8, 4) is 5.75 Å². The molecule has 2 amide bonds. The lowest BCUT2D eigenvalue weighted by Crippen LogP contribution is -2.35. The fourth-order valence-electron chi connectivity index (χ4n) is 3.34. The summed E-state index contributed by atoms with van der Waals surface area (Å²) in [4.78, 5) is 39.7. The van der Waals surface area contributed by atoms with Crippen LogP contribution in [0, 0.1) is 17.0 Å². The summed E-state index contributed by atoms with van der Waals surface area (Å²) in [6, 6.07) is 10.6. The molecule has 9 heteroatoms. The van der Waals surface area contributed by atoms with E-state index in [9.17, 15) is 24.8 Å². The maximum absolute atomic E-state index is 13.4. The van der Waals surface area contributed by atoms with Gasteiger partial charge in [0.2, 0.25) is 0 Å². The lowest BCUT2D eigenvalue weighted by atomic mass is 10.0. The van der Waals surface area contributed by atoms with Crippen LogP contribution in [0.3, 0.4) is 0 Å². The molecule has 0 bridgehead atoms. The number of nitro benzene ring substituents is 1. The van der Waals surface area contributed by atoms with Gasteiger partial charge >= 0.3 is 0 Å². The lowest BCUT2D eigenvalue weighted by Gasteiger charge is -2.21. The van der Waals surface area contributed by atoms with Crippen LogP contribution in [0.25, 0.3) is 5.57 Å². The Kier molecular flexibility index (Phi) is 5.84. The number of likely N-dealkylation sites (N-methyl/N-ethyl adjacent to an activating group) is 1. The molecule has 1 heterocycles. The molecule has 0 saturated carbocycles. The summed E-state index contributed by atoms with van der Waals surface area (Å²) in [5, 5.41) is 20.3. The average Bonchev–Trinajstić information content (AvgIpc) is 2.98. The fraction of sp³-hybridized carbons (Fsp3) is 0.238. The standard InChI is InChI=1S/C21H21N3O6/c1-13-4-9-17(30-3)16(12-13)23-20(26)18(19(21(23)27)22(2)10-11-25)14-5-7-15(8-6-14)24(28)29/h4-9,12,25H,10-11H2,1-3H3. The smallest absolute Gasteiger partial charge is 0.282 e. The van der Waals surface area contributed by atoms with Crippen molar-refractivity contribution in [3.63, 3.8) is 0 Å². The van der Waals surface area contributed by atoms with Crippen LogP contribution < -0.4 is 9.64 Å². The zero-order valence-electron chi connectivity index (χ0n) is 16.8. The molecule has 0 spiro atoms. The number of ether oxygens (including phenoxy) is 1. The van der Waals surface area contributed by atoms with Crippen LogP contribution >= 0.6 is 0 Å². The first kappa shape index (κ1) is 21.0. The van der Waals surface area contributed by atoms with Crippen molar-refractivity contribution >= 4 is 28.8 Å². The molecule has 30 heavy (non-hydrogen) atoms. The Labute approximate surface area is 172 Å². The normalized spacial score (nSPS) is 13.8. The summed E-state index contributed by atoms with van der Waals surface area (Å²) in [7, 11) is 3.04. The second-order valence-corrected chi connectivity index (χ2v) is 6.79. The first-order chi connectivity index (χ1) is 14.3. The van der Waals surface area contributed by atoms with Gasteiger partial charge in [0.15, 0.2) is 0 Å². The number of nitrogens with zero attached hydrogens (tertiary/aromatic N) is 3. The number of rotatable bonds is 7. The van der Waals surface area contributed by atoms with Gasteiger partial charge < -0.3 is 14.7 Å². The number of benzene rings is 2. The van der Waals surface area contributed by atoms with Gasteiger partial charge in [0.1, 0.15) is 11.4 Å². The van der Waals surface area contributed by atoms with Crippen molar-refractivity contribution in [1.29, 1.82) is 0 Å². The average molecular weight is 411 g/mol. The summed E-state index contributed by atoms with van der Waals surface area (Å²) in [6.07, 6.45) is 0. The van der Waals surface area contributed by atoms with Crippen molar-refractivity contribution in [2.24, 2.45) is 0 Å². The molecule has 0 fully saturated rings. The van der Waals surface area contributed by atoms with E-state index in [2.05, 4.69) is 0 Å². The molecule has 1 N–H and O–H groups in total. The van der Waals surface area contributed by atoms with E-state index >= 15 is 0 Å². The molecule has 0 saturated heterocycles. The number of carbonyl (C=O) groups is 2. The maximum Gasteiger partial charge on any atom is 0.282 e. The highest BCUT2D eigenvalue weighted by molar-refractivity contribution is 6.45. The van der Waals surface area contributed by atoms with Gasteiger partial charge in [-0.05, 0) is 42.3 Å². The van der Waals surface area contributed by atoms with Gasteiger partial charge in [-0.3, -0.25) is 19.7 Å². The Morgan fingerprint density at radius 3 is 2.37 bits per heavy atom. The second-order valence-electron chi connectivity index (χ2n) is 6.79. The SMILES string of the molecule is COc1ccc(C)cc1N1C(=O)C(c2ccc([N+](=O)[O-])cc2)=C(N(C)CCO)C1=O. The lowest BCUT2D eigenvalue weighted by molar-refractivity contribution is -0.384. The summed E-state index contributed by atoms with van der Waals surface area (Å²) >= 11 is 0. The molecule has 1 aliphatic rings. The van der Waals surface area contributed by atoms with E-state index in [-0.39, 0.29) is 30.1 Å². The predicted octanol–water partition coefficient (Wildman–Crippen LogP) is 2.12. The molecule has 156 valence electrons. The summed E-state index contributed by atoms with van der Waals surface area (Å²) < 4.78 is 5.34. The number of hydrogen-bond donors (Lipinski definition) is 1. The van der Waals surface area contributed by atoms with Crippen LogP contribution in [-0.4, -0.2) is 54.1 Å². The summed E-state index contributed by atoms with van der Waals surface area (Å²) in [6.45, 7) is 1.74. The van der Waals surface area contributed by atoms with E-state index in [0.717, 1.165) is 10.5 Å². The minimum atomic E-state index is -0.572. The topological polar surface area (TPSA) is 113 Å². The molecule has 3 rings (SSSR count). The van der Waals surface area contributed by atoms with E-state index in [1.165, 1.54) is 36.3 Å². The molecule has 9 nitrogen and oxygen atoms in total. The number of imide groups is 1. The molecular formula is C21H21N3O6. The van der Waals surface area contributed by atoms with Crippen LogP contribution in [0.2, 0.25) is 0 Å². The quantitative estimate of drug-likeness (QED) is 0.422. The van der Waals surface area contributed by atoms with Gasteiger partial charge in [-0.15, -0.1) is 0 Å². The maximum atomic E-state index is 13.4.